The number of anilines is 1. The molecule has 0 unspecified atom stereocenters. The van der Waals surface area contributed by atoms with Crippen LogP contribution in [0.5, 0.6) is 0 Å². The molecule has 90 valence electrons. The van der Waals surface area contributed by atoms with E-state index in [0.29, 0.717) is 0 Å². The summed E-state index contributed by atoms with van der Waals surface area (Å²) in [6, 6.07) is 1.91. The molecule has 0 aromatic carbocycles. The Morgan fingerprint density at radius 2 is 2.29 bits per heavy atom. The van der Waals surface area contributed by atoms with Crippen LogP contribution in [0.1, 0.15) is 19.2 Å². The van der Waals surface area contributed by atoms with Crippen LogP contribution in [0.4, 0.5) is 5.82 Å². The Bertz CT molecular complexity index is 470. The minimum atomic E-state index is 0.726. The number of aryl methyl sites for hydroxylation is 1. The third-order valence-corrected chi connectivity index (χ3v) is 2.77. The van der Waals surface area contributed by atoms with Crippen molar-refractivity contribution in [2.24, 2.45) is 0 Å². The molecule has 0 fully saturated rings. The van der Waals surface area contributed by atoms with E-state index >= 15 is 0 Å². The average Bonchev–Trinajstić information content (AvgIpc) is 2.78. The largest absolute Gasteiger partial charge is 0.370 e. The second kappa shape index (κ2) is 5.62. The molecule has 0 saturated heterocycles. The van der Waals surface area contributed by atoms with E-state index in [1.54, 1.807) is 0 Å². The summed E-state index contributed by atoms with van der Waals surface area (Å²) in [5.74, 6) is 1.59. The highest BCUT2D eigenvalue weighted by molar-refractivity contribution is 7.99. The molecule has 2 aromatic heterocycles. The molecule has 2 N–H and O–H groups in total. The zero-order valence-electron chi connectivity index (χ0n) is 9.77. The first-order valence-corrected chi connectivity index (χ1v) is 6.22. The zero-order valence-corrected chi connectivity index (χ0v) is 10.6. The van der Waals surface area contributed by atoms with Crippen LogP contribution in [0.2, 0.25) is 0 Å². The van der Waals surface area contributed by atoms with Crippen molar-refractivity contribution in [3.8, 4) is 0 Å². The van der Waals surface area contributed by atoms with E-state index in [9.17, 15) is 0 Å². The van der Waals surface area contributed by atoms with E-state index in [2.05, 4.69) is 37.4 Å². The number of aromatic amines is 1. The van der Waals surface area contributed by atoms with Crippen molar-refractivity contribution >= 4 is 17.6 Å². The predicted molar refractivity (Wildman–Crippen MR) is 66.1 cm³/mol. The lowest BCUT2D eigenvalue weighted by Crippen LogP contribution is -2.04. The molecule has 0 aliphatic heterocycles. The summed E-state index contributed by atoms with van der Waals surface area (Å²) in [4.78, 5) is 12.7. The first-order valence-electron chi connectivity index (χ1n) is 5.40. The van der Waals surface area contributed by atoms with Gasteiger partial charge in [-0.05, 0) is 25.1 Å². The fourth-order valence-corrected chi connectivity index (χ4v) is 2.02. The van der Waals surface area contributed by atoms with Gasteiger partial charge in [0.1, 0.15) is 23.0 Å². The Morgan fingerprint density at radius 1 is 1.41 bits per heavy atom. The summed E-state index contributed by atoms with van der Waals surface area (Å²) in [5, 5.41) is 11.4. The van der Waals surface area contributed by atoms with Crippen LogP contribution in [0.25, 0.3) is 0 Å². The lowest BCUT2D eigenvalue weighted by Gasteiger charge is -2.06. The van der Waals surface area contributed by atoms with Gasteiger partial charge in [0.2, 0.25) is 0 Å². The number of rotatable bonds is 5. The maximum absolute atomic E-state index is 4.34. The highest BCUT2D eigenvalue weighted by Gasteiger charge is 2.05. The van der Waals surface area contributed by atoms with Crippen molar-refractivity contribution < 1.29 is 0 Å². The van der Waals surface area contributed by atoms with Gasteiger partial charge in [-0.25, -0.2) is 15.0 Å². The fraction of sp³-hybridized carbons (Fsp3) is 0.400. The number of H-pyrrole nitrogens is 1. The maximum atomic E-state index is 4.34. The molecule has 0 radical (unpaired) electrons. The van der Waals surface area contributed by atoms with Gasteiger partial charge < -0.3 is 5.32 Å². The third kappa shape index (κ3) is 3.42. The second-order valence-electron chi connectivity index (χ2n) is 3.46. The molecule has 2 heterocycles. The molecule has 0 saturated carbocycles. The number of aromatic nitrogens is 5. The Hall–Kier alpha value is -1.63. The Kier molecular flexibility index (Phi) is 3.92. The zero-order chi connectivity index (χ0) is 12.1. The first-order chi connectivity index (χ1) is 8.28. The van der Waals surface area contributed by atoms with Gasteiger partial charge in [-0.2, -0.15) is 5.10 Å². The van der Waals surface area contributed by atoms with Crippen LogP contribution in [-0.2, 0) is 0 Å². The third-order valence-electron chi connectivity index (χ3n) is 1.96. The van der Waals surface area contributed by atoms with Gasteiger partial charge in [0, 0.05) is 12.6 Å². The molecule has 6 nitrogen and oxygen atoms in total. The highest BCUT2D eigenvalue weighted by Crippen LogP contribution is 2.23. The molecule has 17 heavy (non-hydrogen) atoms. The van der Waals surface area contributed by atoms with E-state index in [1.807, 2.05) is 13.0 Å². The van der Waals surface area contributed by atoms with Crippen LogP contribution in [-0.4, -0.2) is 31.7 Å². The van der Waals surface area contributed by atoms with Gasteiger partial charge in [-0.3, -0.25) is 5.10 Å². The SMILES string of the molecule is CCCNc1cc(Sc2ncn[nH]2)nc(C)n1. The fourth-order valence-electron chi connectivity index (χ4n) is 1.28. The summed E-state index contributed by atoms with van der Waals surface area (Å²) in [5.41, 5.74) is 0. The van der Waals surface area contributed by atoms with Crippen molar-refractivity contribution in [2.75, 3.05) is 11.9 Å². The van der Waals surface area contributed by atoms with Gasteiger partial charge in [0.05, 0.1) is 0 Å². The van der Waals surface area contributed by atoms with E-state index in [4.69, 9.17) is 0 Å². The van der Waals surface area contributed by atoms with E-state index in [0.717, 1.165) is 34.8 Å². The minimum Gasteiger partial charge on any atom is -0.370 e. The predicted octanol–water partition coefficient (Wildman–Crippen LogP) is 1.88. The van der Waals surface area contributed by atoms with Gasteiger partial charge in [-0.1, -0.05) is 6.92 Å². The summed E-state index contributed by atoms with van der Waals surface area (Å²) >= 11 is 1.44. The summed E-state index contributed by atoms with van der Waals surface area (Å²) in [6.45, 7) is 4.90. The van der Waals surface area contributed by atoms with Crippen molar-refractivity contribution in [1.29, 1.82) is 0 Å². The average molecular weight is 250 g/mol. The Balaban J connectivity index is 2.13. The van der Waals surface area contributed by atoms with E-state index < -0.39 is 0 Å². The summed E-state index contributed by atoms with van der Waals surface area (Å²) in [7, 11) is 0. The lowest BCUT2D eigenvalue weighted by atomic mass is 10.4. The van der Waals surface area contributed by atoms with Crippen molar-refractivity contribution in [2.45, 2.75) is 30.5 Å². The number of hydrogen-bond acceptors (Lipinski definition) is 6. The molecule has 0 bridgehead atoms. The number of nitrogens with zero attached hydrogens (tertiary/aromatic N) is 4. The normalized spacial score (nSPS) is 10.5. The molecule has 0 amide bonds. The van der Waals surface area contributed by atoms with Crippen molar-refractivity contribution in [3.05, 3.63) is 18.2 Å². The molecule has 0 atom stereocenters. The van der Waals surface area contributed by atoms with Crippen LogP contribution in [0, 0.1) is 6.92 Å². The number of nitrogens with one attached hydrogen (secondary N) is 2. The Labute approximate surface area is 104 Å². The van der Waals surface area contributed by atoms with Crippen molar-refractivity contribution in [1.82, 2.24) is 25.1 Å². The summed E-state index contributed by atoms with van der Waals surface area (Å²) < 4.78 is 0. The molecule has 0 aliphatic carbocycles. The van der Waals surface area contributed by atoms with Gasteiger partial charge in [0.25, 0.3) is 0 Å². The van der Waals surface area contributed by atoms with E-state index in [1.165, 1.54) is 18.1 Å². The van der Waals surface area contributed by atoms with E-state index in [-0.39, 0.29) is 0 Å². The highest BCUT2D eigenvalue weighted by atomic mass is 32.2. The van der Waals surface area contributed by atoms with Gasteiger partial charge in [-0.15, -0.1) is 0 Å². The molecule has 0 aliphatic rings. The topological polar surface area (TPSA) is 79.4 Å². The second-order valence-corrected chi connectivity index (χ2v) is 4.47. The Morgan fingerprint density at radius 3 is 3.00 bits per heavy atom. The monoisotopic (exact) mass is 250 g/mol. The molecular weight excluding hydrogens is 236 g/mol. The molecule has 2 aromatic rings. The number of hydrogen-bond donors (Lipinski definition) is 2. The standard InChI is InChI=1S/C10H14N6S/c1-3-4-11-8-5-9(15-7(2)14-8)17-10-12-6-13-16-10/h5-6H,3-4H2,1-2H3,(H,11,14,15)(H,12,13,16). The van der Waals surface area contributed by atoms with Crippen LogP contribution in [0.3, 0.4) is 0 Å². The quantitative estimate of drug-likeness (QED) is 0.789. The molecule has 7 heteroatoms. The summed E-state index contributed by atoms with van der Waals surface area (Å²) in [6.07, 6.45) is 2.54. The minimum absolute atomic E-state index is 0.726. The maximum Gasteiger partial charge on any atom is 0.189 e. The molecule has 2 rings (SSSR count). The first kappa shape index (κ1) is 11.8. The van der Waals surface area contributed by atoms with Crippen LogP contribution >= 0.6 is 11.8 Å². The molecular formula is C10H14N6S. The smallest absolute Gasteiger partial charge is 0.189 e. The molecule has 0 spiro atoms. The van der Waals surface area contributed by atoms with Crippen molar-refractivity contribution in [3.63, 3.8) is 0 Å². The van der Waals surface area contributed by atoms with Crippen LogP contribution in [0.15, 0.2) is 22.6 Å². The van der Waals surface area contributed by atoms with Gasteiger partial charge >= 0.3 is 0 Å². The lowest BCUT2D eigenvalue weighted by molar-refractivity contribution is 0.920. The van der Waals surface area contributed by atoms with Crippen LogP contribution < -0.4 is 5.32 Å². The van der Waals surface area contributed by atoms with Gasteiger partial charge in [0.15, 0.2) is 5.16 Å².